The molecule has 0 saturated heterocycles. The molecule has 0 aliphatic rings. The van der Waals surface area contributed by atoms with Crippen LogP contribution in [0.15, 0.2) is 60.7 Å². The molecule has 1 heteroatoms. The maximum absolute atomic E-state index is 3.27. The van der Waals surface area contributed by atoms with E-state index >= 15 is 0 Å². The van der Waals surface area contributed by atoms with Gasteiger partial charge in [0.15, 0.2) is 0 Å². The maximum Gasteiger partial charge on any atom is 0.0138 e. The van der Waals surface area contributed by atoms with Gasteiger partial charge in [0, 0.05) is 6.54 Å². The SMILES string of the molecule is CCNCC=Cc1ccc(-c2ccccc2)cc1. The lowest BCUT2D eigenvalue weighted by Crippen LogP contribution is -2.11. The molecule has 2 rings (SSSR count). The van der Waals surface area contributed by atoms with Crippen LogP contribution in [0.1, 0.15) is 12.5 Å². The summed E-state index contributed by atoms with van der Waals surface area (Å²) in [5, 5.41) is 3.27. The van der Waals surface area contributed by atoms with Crippen molar-refractivity contribution in [1.29, 1.82) is 0 Å². The van der Waals surface area contributed by atoms with Crippen molar-refractivity contribution in [3.05, 3.63) is 66.2 Å². The number of hydrogen-bond acceptors (Lipinski definition) is 1. The van der Waals surface area contributed by atoms with Crippen molar-refractivity contribution in [2.24, 2.45) is 0 Å². The largest absolute Gasteiger partial charge is 0.314 e. The summed E-state index contributed by atoms with van der Waals surface area (Å²) in [6, 6.07) is 19.1. The van der Waals surface area contributed by atoms with Crippen molar-refractivity contribution in [2.45, 2.75) is 6.92 Å². The minimum atomic E-state index is 0.928. The standard InChI is InChI=1S/C17H19N/c1-2-18-14-6-7-15-10-12-17(13-11-15)16-8-4-3-5-9-16/h3-13,18H,2,14H2,1H3. The van der Waals surface area contributed by atoms with E-state index in [1.807, 2.05) is 6.07 Å². The Hall–Kier alpha value is -1.86. The molecule has 0 amide bonds. The molecule has 0 radical (unpaired) electrons. The quantitative estimate of drug-likeness (QED) is 0.776. The summed E-state index contributed by atoms with van der Waals surface area (Å²) in [4.78, 5) is 0. The molecule has 92 valence electrons. The third-order valence-electron chi connectivity index (χ3n) is 2.84. The lowest BCUT2D eigenvalue weighted by atomic mass is 10.0. The summed E-state index contributed by atoms with van der Waals surface area (Å²) in [6.45, 7) is 4.05. The number of likely N-dealkylation sites (N-methyl/N-ethyl adjacent to an activating group) is 1. The molecule has 0 heterocycles. The average Bonchev–Trinajstić information content (AvgIpc) is 2.45. The van der Waals surface area contributed by atoms with E-state index in [9.17, 15) is 0 Å². The zero-order valence-corrected chi connectivity index (χ0v) is 10.8. The second-order valence-electron chi connectivity index (χ2n) is 4.20. The Kier molecular flexibility index (Phi) is 4.74. The van der Waals surface area contributed by atoms with Crippen LogP contribution in [0, 0.1) is 0 Å². The van der Waals surface area contributed by atoms with Gasteiger partial charge >= 0.3 is 0 Å². The molecule has 0 saturated carbocycles. The van der Waals surface area contributed by atoms with Crippen molar-refractivity contribution in [3.8, 4) is 11.1 Å². The van der Waals surface area contributed by atoms with Gasteiger partial charge in [0.1, 0.15) is 0 Å². The molecule has 18 heavy (non-hydrogen) atoms. The van der Waals surface area contributed by atoms with Crippen LogP contribution in [0.2, 0.25) is 0 Å². The van der Waals surface area contributed by atoms with Gasteiger partial charge in [0.05, 0.1) is 0 Å². The molecule has 1 N–H and O–H groups in total. The maximum atomic E-state index is 3.27. The summed E-state index contributed by atoms with van der Waals surface area (Å²) >= 11 is 0. The Morgan fingerprint density at radius 2 is 1.56 bits per heavy atom. The van der Waals surface area contributed by atoms with Crippen molar-refractivity contribution in [3.63, 3.8) is 0 Å². The van der Waals surface area contributed by atoms with Gasteiger partial charge in [0.2, 0.25) is 0 Å². The molecule has 1 nitrogen and oxygen atoms in total. The second kappa shape index (κ2) is 6.77. The molecular weight excluding hydrogens is 218 g/mol. The van der Waals surface area contributed by atoms with Gasteiger partial charge in [-0.2, -0.15) is 0 Å². The Balaban J connectivity index is 2.04. The predicted octanol–water partition coefficient (Wildman–Crippen LogP) is 3.98. The topological polar surface area (TPSA) is 12.0 Å². The number of nitrogens with one attached hydrogen (secondary N) is 1. The first-order valence-corrected chi connectivity index (χ1v) is 6.43. The monoisotopic (exact) mass is 237 g/mol. The molecule has 0 atom stereocenters. The second-order valence-corrected chi connectivity index (χ2v) is 4.20. The highest BCUT2D eigenvalue weighted by molar-refractivity contribution is 5.65. The molecule has 2 aromatic carbocycles. The first-order valence-electron chi connectivity index (χ1n) is 6.43. The molecule has 0 aliphatic heterocycles. The van der Waals surface area contributed by atoms with Crippen LogP contribution in [-0.2, 0) is 0 Å². The van der Waals surface area contributed by atoms with Crippen molar-refractivity contribution >= 4 is 6.08 Å². The Morgan fingerprint density at radius 1 is 0.889 bits per heavy atom. The van der Waals surface area contributed by atoms with Crippen LogP contribution in [0.4, 0.5) is 0 Å². The summed E-state index contributed by atoms with van der Waals surface area (Å²) < 4.78 is 0. The van der Waals surface area contributed by atoms with Crippen molar-refractivity contribution in [1.82, 2.24) is 5.32 Å². The van der Waals surface area contributed by atoms with Gasteiger partial charge in [-0.15, -0.1) is 0 Å². The number of hydrogen-bond donors (Lipinski definition) is 1. The molecule has 0 unspecified atom stereocenters. The third kappa shape index (κ3) is 3.57. The smallest absolute Gasteiger partial charge is 0.0138 e. The molecule has 0 aromatic heterocycles. The van der Waals surface area contributed by atoms with Crippen LogP contribution >= 0.6 is 0 Å². The summed E-state index contributed by atoms with van der Waals surface area (Å²) in [5.41, 5.74) is 3.77. The fourth-order valence-electron chi connectivity index (χ4n) is 1.84. The van der Waals surface area contributed by atoms with E-state index < -0.39 is 0 Å². The predicted molar refractivity (Wildman–Crippen MR) is 79.5 cm³/mol. The van der Waals surface area contributed by atoms with Gasteiger partial charge in [0.25, 0.3) is 0 Å². The van der Waals surface area contributed by atoms with Gasteiger partial charge in [-0.3, -0.25) is 0 Å². The van der Waals surface area contributed by atoms with Crippen LogP contribution in [0.5, 0.6) is 0 Å². The summed E-state index contributed by atoms with van der Waals surface area (Å²) in [5.74, 6) is 0. The minimum Gasteiger partial charge on any atom is -0.314 e. The lowest BCUT2D eigenvalue weighted by Gasteiger charge is -2.01. The van der Waals surface area contributed by atoms with Crippen LogP contribution in [0.3, 0.4) is 0 Å². The number of benzene rings is 2. The molecular formula is C17H19N. The van der Waals surface area contributed by atoms with Crippen LogP contribution < -0.4 is 5.32 Å². The van der Waals surface area contributed by atoms with Crippen LogP contribution in [-0.4, -0.2) is 13.1 Å². The summed E-state index contributed by atoms with van der Waals surface area (Å²) in [6.07, 6.45) is 4.30. The fraction of sp³-hybridized carbons (Fsp3) is 0.176. The van der Waals surface area contributed by atoms with E-state index in [1.54, 1.807) is 0 Å². The molecule has 0 spiro atoms. The van der Waals surface area contributed by atoms with E-state index in [0.29, 0.717) is 0 Å². The van der Waals surface area contributed by atoms with Gasteiger partial charge in [-0.1, -0.05) is 73.7 Å². The molecule has 0 bridgehead atoms. The van der Waals surface area contributed by atoms with E-state index in [0.717, 1.165) is 13.1 Å². The molecule has 2 aromatic rings. The normalized spacial score (nSPS) is 10.9. The van der Waals surface area contributed by atoms with E-state index in [4.69, 9.17) is 0 Å². The van der Waals surface area contributed by atoms with E-state index in [2.05, 4.69) is 72.9 Å². The zero-order chi connectivity index (χ0) is 12.6. The van der Waals surface area contributed by atoms with Crippen molar-refractivity contribution in [2.75, 3.05) is 13.1 Å². The van der Waals surface area contributed by atoms with Crippen molar-refractivity contribution < 1.29 is 0 Å². The number of rotatable bonds is 5. The highest BCUT2D eigenvalue weighted by Gasteiger charge is 1.95. The van der Waals surface area contributed by atoms with E-state index in [-0.39, 0.29) is 0 Å². The lowest BCUT2D eigenvalue weighted by molar-refractivity contribution is 0.801. The Morgan fingerprint density at radius 3 is 2.22 bits per heavy atom. The van der Waals surface area contributed by atoms with Crippen LogP contribution in [0.25, 0.3) is 17.2 Å². The molecule has 0 fully saturated rings. The van der Waals surface area contributed by atoms with Gasteiger partial charge in [-0.25, -0.2) is 0 Å². The first-order chi connectivity index (χ1) is 8.90. The first kappa shape index (κ1) is 12.6. The zero-order valence-electron chi connectivity index (χ0n) is 10.8. The minimum absolute atomic E-state index is 0.928. The third-order valence-corrected chi connectivity index (χ3v) is 2.84. The van der Waals surface area contributed by atoms with E-state index in [1.165, 1.54) is 16.7 Å². The Labute approximate surface area is 109 Å². The Bertz CT molecular complexity index is 483. The van der Waals surface area contributed by atoms with Gasteiger partial charge < -0.3 is 5.32 Å². The van der Waals surface area contributed by atoms with Gasteiger partial charge in [-0.05, 0) is 23.2 Å². The highest BCUT2D eigenvalue weighted by Crippen LogP contribution is 2.19. The average molecular weight is 237 g/mol. The summed E-state index contributed by atoms with van der Waals surface area (Å²) in [7, 11) is 0. The highest BCUT2D eigenvalue weighted by atomic mass is 14.8. The molecule has 0 aliphatic carbocycles. The fourth-order valence-corrected chi connectivity index (χ4v) is 1.84.